The first-order valence-corrected chi connectivity index (χ1v) is 6.33. The summed E-state index contributed by atoms with van der Waals surface area (Å²) >= 11 is 0. The maximum absolute atomic E-state index is 11.9. The molecule has 1 saturated heterocycles. The van der Waals surface area contributed by atoms with Gasteiger partial charge in [-0.25, -0.2) is 0 Å². The zero-order chi connectivity index (χ0) is 11.8. The molecule has 0 radical (unpaired) electrons. The Labute approximate surface area is 101 Å². The largest absolute Gasteiger partial charge is 0.508 e. The van der Waals surface area contributed by atoms with E-state index in [0.29, 0.717) is 23.6 Å². The Morgan fingerprint density at radius 2 is 2.12 bits per heavy atom. The highest BCUT2D eigenvalue weighted by Crippen LogP contribution is 2.38. The summed E-state index contributed by atoms with van der Waals surface area (Å²) in [5.41, 5.74) is 0.933. The number of carbonyl (C=O) groups is 1. The summed E-state index contributed by atoms with van der Waals surface area (Å²) in [6.45, 7) is 0.748. The minimum absolute atomic E-state index is 0.296. The number of aromatic hydroxyl groups is 1. The SMILES string of the molecule is O=C1C2CCC(C2)N1CCc1ccccc1O. The van der Waals surface area contributed by atoms with E-state index in [-0.39, 0.29) is 0 Å². The van der Waals surface area contributed by atoms with E-state index in [1.807, 2.05) is 23.1 Å². The van der Waals surface area contributed by atoms with Crippen LogP contribution in [0.15, 0.2) is 24.3 Å². The van der Waals surface area contributed by atoms with Gasteiger partial charge < -0.3 is 10.0 Å². The fourth-order valence-corrected chi connectivity index (χ4v) is 3.14. The summed E-state index contributed by atoms with van der Waals surface area (Å²) in [5.74, 6) is 0.963. The van der Waals surface area contributed by atoms with Gasteiger partial charge in [0.1, 0.15) is 5.75 Å². The zero-order valence-corrected chi connectivity index (χ0v) is 9.80. The highest BCUT2D eigenvalue weighted by molar-refractivity contribution is 5.82. The highest BCUT2D eigenvalue weighted by Gasteiger charge is 2.43. The van der Waals surface area contributed by atoms with E-state index in [4.69, 9.17) is 0 Å². The molecule has 3 rings (SSSR count). The molecule has 2 atom stereocenters. The Balaban J connectivity index is 1.66. The topological polar surface area (TPSA) is 40.5 Å². The van der Waals surface area contributed by atoms with Gasteiger partial charge in [-0.15, -0.1) is 0 Å². The second kappa shape index (κ2) is 4.06. The van der Waals surface area contributed by atoms with Crippen molar-refractivity contribution in [1.29, 1.82) is 0 Å². The molecule has 3 nitrogen and oxygen atoms in total. The molecule has 1 saturated carbocycles. The third-order valence-electron chi connectivity index (χ3n) is 4.09. The van der Waals surface area contributed by atoms with Crippen LogP contribution in [0.2, 0.25) is 0 Å². The van der Waals surface area contributed by atoms with E-state index in [1.165, 1.54) is 0 Å². The molecule has 1 heterocycles. The van der Waals surface area contributed by atoms with Crippen LogP contribution >= 0.6 is 0 Å². The van der Waals surface area contributed by atoms with E-state index < -0.39 is 0 Å². The molecule has 1 amide bonds. The summed E-state index contributed by atoms with van der Waals surface area (Å²) in [4.78, 5) is 14.0. The van der Waals surface area contributed by atoms with E-state index in [1.54, 1.807) is 6.07 Å². The van der Waals surface area contributed by atoms with Gasteiger partial charge in [0.15, 0.2) is 0 Å². The van der Waals surface area contributed by atoms with Gasteiger partial charge in [0.2, 0.25) is 5.91 Å². The number of nitrogens with zero attached hydrogens (tertiary/aromatic N) is 1. The molecule has 2 aliphatic rings. The second-order valence-corrected chi connectivity index (χ2v) is 5.07. The number of phenolic OH excluding ortho intramolecular Hbond substituents is 1. The van der Waals surface area contributed by atoms with Crippen molar-refractivity contribution in [3.8, 4) is 5.75 Å². The molecule has 1 N–H and O–H groups in total. The van der Waals surface area contributed by atoms with Gasteiger partial charge >= 0.3 is 0 Å². The molecule has 2 fully saturated rings. The minimum Gasteiger partial charge on any atom is -0.508 e. The van der Waals surface area contributed by atoms with Crippen molar-refractivity contribution in [2.24, 2.45) is 5.92 Å². The zero-order valence-electron chi connectivity index (χ0n) is 9.80. The van der Waals surface area contributed by atoms with E-state index in [9.17, 15) is 9.90 Å². The summed E-state index contributed by atoms with van der Waals surface area (Å²) in [5, 5.41) is 9.68. The number of para-hydroxylation sites is 1. The number of likely N-dealkylation sites (tertiary alicyclic amines) is 1. The first-order chi connectivity index (χ1) is 8.25. The van der Waals surface area contributed by atoms with Crippen LogP contribution in [0.25, 0.3) is 0 Å². The van der Waals surface area contributed by atoms with Crippen molar-refractivity contribution < 1.29 is 9.90 Å². The monoisotopic (exact) mass is 231 g/mol. The van der Waals surface area contributed by atoms with Gasteiger partial charge in [-0.2, -0.15) is 0 Å². The molecule has 2 unspecified atom stereocenters. The van der Waals surface area contributed by atoms with Crippen molar-refractivity contribution in [2.45, 2.75) is 31.7 Å². The summed E-state index contributed by atoms with van der Waals surface area (Å²) < 4.78 is 0. The molecule has 2 bridgehead atoms. The number of hydrogen-bond acceptors (Lipinski definition) is 2. The highest BCUT2D eigenvalue weighted by atomic mass is 16.3. The van der Waals surface area contributed by atoms with Crippen LogP contribution in [0, 0.1) is 5.92 Å². The number of benzene rings is 1. The minimum atomic E-state index is 0.296. The Morgan fingerprint density at radius 3 is 2.82 bits per heavy atom. The average molecular weight is 231 g/mol. The number of fused-ring (bicyclic) bond motifs is 2. The number of rotatable bonds is 3. The van der Waals surface area contributed by atoms with Gasteiger partial charge in [-0.05, 0) is 37.3 Å². The molecule has 0 aromatic heterocycles. The normalized spacial score (nSPS) is 26.8. The van der Waals surface area contributed by atoms with E-state index in [0.717, 1.165) is 37.8 Å². The fourth-order valence-electron chi connectivity index (χ4n) is 3.14. The molecule has 0 spiro atoms. The molecule has 90 valence electrons. The maximum atomic E-state index is 11.9. The number of amides is 1. The predicted molar refractivity (Wildman–Crippen MR) is 64.7 cm³/mol. The van der Waals surface area contributed by atoms with Crippen molar-refractivity contribution in [1.82, 2.24) is 4.90 Å². The van der Waals surface area contributed by atoms with Crippen LogP contribution in [-0.2, 0) is 11.2 Å². The molecule has 1 aliphatic heterocycles. The van der Waals surface area contributed by atoms with Crippen molar-refractivity contribution in [3.63, 3.8) is 0 Å². The van der Waals surface area contributed by atoms with Gasteiger partial charge in [0, 0.05) is 18.5 Å². The quantitative estimate of drug-likeness (QED) is 0.863. The molecule has 1 aliphatic carbocycles. The molecule has 3 heteroatoms. The average Bonchev–Trinajstić information content (AvgIpc) is 2.90. The van der Waals surface area contributed by atoms with Crippen LogP contribution in [0.1, 0.15) is 24.8 Å². The Kier molecular flexibility index (Phi) is 2.54. The fraction of sp³-hybridized carbons (Fsp3) is 0.500. The van der Waals surface area contributed by atoms with Crippen molar-refractivity contribution in [2.75, 3.05) is 6.54 Å². The lowest BCUT2D eigenvalue weighted by atomic mass is 10.1. The van der Waals surface area contributed by atoms with Crippen LogP contribution < -0.4 is 0 Å². The lowest BCUT2D eigenvalue weighted by Crippen LogP contribution is -2.38. The molecular formula is C14H17NO2. The van der Waals surface area contributed by atoms with Crippen molar-refractivity contribution in [3.05, 3.63) is 29.8 Å². The predicted octanol–water partition coefficient (Wildman–Crippen LogP) is 1.95. The first kappa shape index (κ1) is 10.6. The Morgan fingerprint density at radius 1 is 1.29 bits per heavy atom. The standard InChI is InChI=1S/C14H17NO2/c16-13-4-2-1-3-10(13)7-8-15-12-6-5-11(9-12)14(15)17/h1-4,11-12,16H,5-9H2. The van der Waals surface area contributed by atoms with E-state index >= 15 is 0 Å². The van der Waals surface area contributed by atoms with Gasteiger partial charge in [-0.1, -0.05) is 18.2 Å². The van der Waals surface area contributed by atoms with Gasteiger partial charge in [0.25, 0.3) is 0 Å². The van der Waals surface area contributed by atoms with E-state index in [2.05, 4.69) is 0 Å². The second-order valence-electron chi connectivity index (χ2n) is 5.07. The number of phenols is 1. The third kappa shape index (κ3) is 1.79. The first-order valence-electron chi connectivity index (χ1n) is 6.33. The number of piperidine rings is 1. The number of hydrogen-bond donors (Lipinski definition) is 1. The van der Waals surface area contributed by atoms with Crippen LogP contribution in [0.4, 0.5) is 0 Å². The molecular weight excluding hydrogens is 214 g/mol. The maximum Gasteiger partial charge on any atom is 0.226 e. The van der Waals surface area contributed by atoms with Crippen LogP contribution in [0.5, 0.6) is 5.75 Å². The molecule has 17 heavy (non-hydrogen) atoms. The lowest BCUT2D eigenvalue weighted by Gasteiger charge is -2.27. The lowest BCUT2D eigenvalue weighted by molar-refractivity contribution is -0.134. The van der Waals surface area contributed by atoms with Gasteiger partial charge in [-0.3, -0.25) is 4.79 Å². The van der Waals surface area contributed by atoms with Gasteiger partial charge in [0.05, 0.1) is 0 Å². The Bertz CT molecular complexity index is 444. The Hall–Kier alpha value is -1.51. The van der Waals surface area contributed by atoms with Crippen LogP contribution in [-0.4, -0.2) is 28.5 Å². The molecule has 1 aromatic rings. The summed E-state index contributed by atoms with van der Waals surface area (Å²) in [7, 11) is 0. The number of carbonyl (C=O) groups excluding carboxylic acids is 1. The summed E-state index contributed by atoms with van der Waals surface area (Å²) in [6, 6.07) is 7.84. The third-order valence-corrected chi connectivity index (χ3v) is 4.09. The van der Waals surface area contributed by atoms with Crippen LogP contribution in [0.3, 0.4) is 0 Å². The smallest absolute Gasteiger partial charge is 0.226 e. The molecule has 1 aromatic carbocycles. The van der Waals surface area contributed by atoms with Crippen molar-refractivity contribution >= 4 is 5.91 Å². The summed E-state index contributed by atoms with van der Waals surface area (Å²) in [6.07, 6.45) is 4.05.